The average Bonchev–Trinajstić information content (AvgIpc) is 2.47. The molecule has 0 saturated carbocycles. The van der Waals surface area contributed by atoms with Crippen LogP contribution in [0.15, 0.2) is 42.5 Å². The van der Waals surface area contributed by atoms with Gasteiger partial charge in [-0.3, -0.25) is 9.59 Å². The van der Waals surface area contributed by atoms with Gasteiger partial charge in [-0.05, 0) is 30.3 Å². The first kappa shape index (κ1) is 13.8. The summed E-state index contributed by atoms with van der Waals surface area (Å²) in [6.07, 6.45) is 0.265. The van der Waals surface area contributed by atoms with Crippen LogP contribution in [0.1, 0.15) is 27.1 Å². The first-order valence-corrected chi connectivity index (χ1v) is 6.85. The van der Waals surface area contributed by atoms with Crippen molar-refractivity contribution in [2.24, 2.45) is 0 Å². The van der Waals surface area contributed by atoms with Gasteiger partial charge in [0.05, 0.1) is 16.3 Å². The monoisotopic (exact) mass is 303 g/mol. The number of amides is 1. The molecule has 1 heterocycles. The topological polar surface area (TPSA) is 37.4 Å². The summed E-state index contributed by atoms with van der Waals surface area (Å²) in [4.78, 5) is 26.0. The minimum Gasteiger partial charge on any atom is -0.307 e. The molecule has 0 fully saturated rings. The Hall–Kier alpha value is -2.20. The highest BCUT2D eigenvalue weighted by Gasteiger charge is 2.28. The quantitative estimate of drug-likeness (QED) is 0.805. The number of carbonyl (C=O) groups excluding carboxylic acids is 2. The maximum Gasteiger partial charge on any atom is 0.259 e. The van der Waals surface area contributed by atoms with E-state index in [9.17, 15) is 14.0 Å². The summed E-state index contributed by atoms with van der Waals surface area (Å²) < 4.78 is 13.1. The van der Waals surface area contributed by atoms with Crippen LogP contribution in [0.25, 0.3) is 0 Å². The van der Waals surface area contributed by atoms with Crippen LogP contribution in [0.3, 0.4) is 0 Å². The molecule has 1 aliphatic heterocycles. The molecular formula is C16H11ClFNO2. The molecule has 0 aliphatic carbocycles. The third kappa shape index (κ3) is 2.43. The molecule has 0 radical (unpaired) electrons. The smallest absolute Gasteiger partial charge is 0.259 e. The molecule has 0 spiro atoms. The number of hydrogen-bond donors (Lipinski definition) is 0. The van der Waals surface area contributed by atoms with Crippen LogP contribution < -0.4 is 4.90 Å². The second-order valence-electron chi connectivity index (χ2n) is 4.77. The standard InChI is InChI=1S/C16H11ClFNO2/c17-13-9-10(18)5-6-11(13)16(21)19-8-7-15(20)12-3-1-2-4-14(12)19/h1-6,9H,7-8H2. The Morgan fingerprint density at radius 1 is 1.19 bits per heavy atom. The Labute approximate surface area is 125 Å². The highest BCUT2D eigenvalue weighted by molar-refractivity contribution is 6.34. The van der Waals surface area contributed by atoms with Gasteiger partial charge in [0.2, 0.25) is 0 Å². The van der Waals surface area contributed by atoms with Crippen LogP contribution in [-0.4, -0.2) is 18.2 Å². The zero-order chi connectivity index (χ0) is 15.0. The SMILES string of the molecule is O=C1CCN(C(=O)c2ccc(F)cc2Cl)c2ccccc21. The summed E-state index contributed by atoms with van der Waals surface area (Å²) in [5, 5.41) is 0.0642. The molecule has 1 amide bonds. The van der Waals surface area contributed by atoms with Gasteiger partial charge in [0.1, 0.15) is 5.82 Å². The normalized spacial score (nSPS) is 14.0. The third-order valence-corrected chi connectivity index (χ3v) is 3.78. The molecule has 3 nitrogen and oxygen atoms in total. The molecule has 0 bridgehead atoms. The fourth-order valence-electron chi connectivity index (χ4n) is 2.43. The van der Waals surface area contributed by atoms with Crippen molar-refractivity contribution in [2.75, 3.05) is 11.4 Å². The zero-order valence-electron chi connectivity index (χ0n) is 11.0. The summed E-state index contributed by atoms with van der Waals surface area (Å²) in [6, 6.07) is 10.6. The number of nitrogens with zero attached hydrogens (tertiary/aromatic N) is 1. The van der Waals surface area contributed by atoms with Gasteiger partial charge in [0, 0.05) is 18.5 Å². The number of fused-ring (bicyclic) bond motifs is 1. The van der Waals surface area contributed by atoms with Crippen LogP contribution in [0, 0.1) is 5.82 Å². The predicted octanol–water partition coefficient (Wildman–Crippen LogP) is 3.71. The van der Waals surface area contributed by atoms with Crippen molar-refractivity contribution in [1.29, 1.82) is 0 Å². The van der Waals surface area contributed by atoms with Crippen molar-refractivity contribution in [3.8, 4) is 0 Å². The van der Waals surface area contributed by atoms with Crippen molar-refractivity contribution < 1.29 is 14.0 Å². The number of halogens is 2. The lowest BCUT2D eigenvalue weighted by molar-refractivity contribution is 0.0955. The molecule has 106 valence electrons. The van der Waals surface area contributed by atoms with Crippen molar-refractivity contribution in [3.05, 3.63) is 64.4 Å². The van der Waals surface area contributed by atoms with Crippen molar-refractivity contribution in [2.45, 2.75) is 6.42 Å². The summed E-state index contributed by atoms with van der Waals surface area (Å²) in [5.74, 6) is -0.814. The molecule has 3 rings (SSSR count). The average molecular weight is 304 g/mol. The van der Waals surface area contributed by atoms with Crippen LogP contribution in [0.2, 0.25) is 5.02 Å². The number of hydrogen-bond acceptors (Lipinski definition) is 2. The second-order valence-corrected chi connectivity index (χ2v) is 5.18. The van der Waals surface area contributed by atoms with E-state index in [1.165, 1.54) is 17.0 Å². The van der Waals surface area contributed by atoms with Crippen LogP contribution in [0.4, 0.5) is 10.1 Å². The van der Waals surface area contributed by atoms with E-state index in [1.54, 1.807) is 24.3 Å². The number of Topliss-reactive ketones (excluding diaryl/α,β-unsaturated/α-hetero) is 1. The Kier molecular flexibility index (Phi) is 3.47. The fraction of sp³-hybridized carbons (Fsp3) is 0.125. The van der Waals surface area contributed by atoms with Gasteiger partial charge in [-0.2, -0.15) is 0 Å². The van der Waals surface area contributed by atoms with E-state index in [2.05, 4.69) is 0 Å². The van der Waals surface area contributed by atoms with Gasteiger partial charge in [-0.25, -0.2) is 4.39 Å². The lowest BCUT2D eigenvalue weighted by atomic mass is 9.99. The molecule has 0 unspecified atom stereocenters. The molecule has 21 heavy (non-hydrogen) atoms. The van der Waals surface area contributed by atoms with E-state index in [0.717, 1.165) is 6.07 Å². The fourth-order valence-corrected chi connectivity index (χ4v) is 2.68. The summed E-state index contributed by atoms with van der Waals surface area (Å²) in [5.41, 5.74) is 1.32. The highest BCUT2D eigenvalue weighted by Crippen LogP contribution is 2.29. The van der Waals surface area contributed by atoms with Gasteiger partial charge < -0.3 is 4.90 Å². The Bertz CT molecular complexity index is 745. The number of benzene rings is 2. The molecule has 5 heteroatoms. The largest absolute Gasteiger partial charge is 0.307 e. The van der Waals surface area contributed by atoms with E-state index < -0.39 is 5.82 Å². The highest BCUT2D eigenvalue weighted by atomic mass is 35.5. The first-order valence-electron chi connectivity index (χ1n) is 6.47. The van der Waals surface area contributed by atoms with E-state index in [4.69, 9.17) is 11.6 Å². The Balaban J connectivity index is 2.03. The number of carbonyl (C=O) groups is 2. The van der Waals surface area contributed by atoms with E-state index in [1.807, 2.05) is 0 Å². The zero-order valence-corrected chi connectivity index (χ0v) is 11.7. The summed E-state index contributed by atoms with van der Waals surface area (Å²) in [7, 11) is 0. The lowest BCUT2D eigenvalue weighted by Crippen LogP contribution is -2.37. The van der Waals surface area contributed by atoms with Gasteiger partial charge >= 0.3 is 0 Å². The molecule has 0 saturated heterocycles. The number of anilines is 1. The maximum atomic E-state index is 13.1. The maximum absolute atomic E-state index is 13.1. The molecule has 2 aromatic rings. The van der Waals surface area contributed by atoms with Crippen molar-refractivity contribution in [3.63, 3.8) is 0 Å². The lowest BCUT2D eigenvalue weighted by Gasteiger charge is -2.28. The number of ketones is 1. The van der Waals surface area contributed by atoms with Crippen molar-refractivity contribution in [1.82, 2.24) is 0 Å². The summed E-state index contributed by atoms with van der Waals surface area (Å²) in [6.45, 7) is 0.294. The van der Waals surface area contributed by atoms with E-state index in [0.29, 0.717) is 17.8 Å². The summed E-state index contributed by atoms with van der Waals surface area (Å²) >= 11 is 5.94. The minimum atomic E-state index is -0.495. The van der Waals surface area contributed by atoms with Gasteiger partial charge in [0.25, 0.3) is 5.91 Å². The minimum absolute atomic E-state index is 0.0138. The number of para-hydroxylation sites is 1. The first-order chi connectivity index (χ1) is 10.1. The van der Waals surface area contributed by atoms with Gasteiger partial charge in [-0.1, -0.05) is 23.7 Å². The van der Waals surface area contributed by atoms with Gasteiger partial charge in [-0.15, -0.1) is 0 Å². The Morgan fingerprint density at radius 2 is 1.95 bits per heavy atom. The second kappa shape index (κ2) is 5.30. The number of rotatable bonds is 1. The Morgan fingerprint density at radius 3 is 2.71 bits per heavy atom. The molecular weight excluding hydrogens is 293 g/mol. The van der Waals surface area contributed by atoms with E-state index >= 15 is 0 Å². The molecule has 1 aliphatic rings. The molecule has 0 atom stereocenters. The van der Waals surface area contributed by atoms with E-state index in [-0.39, 0.29) is 28.7 Å². The van der Waals surface area contributed by atoms with Crippen molar-refractivity contribution >= 4 is 29.0 Å². The third-order valence-electron chi connectivity index (χ3n) is 3.46. The van der Waals surface area contributed by atoms with Crippen LogP contribution in [-0.2, 0) is 0 Å². The van der Waals surface area contributed by atoms with Crippen LogP contribution in [0.5, 0.6) is 0 Å². The van der Waals surface area contributed by atoms with Crippen LogP contribution >= 0.6 is 11.6 Å². The van der Waals surface area contributed by atoms with Gasteiger partial charge in [0.15, 0.2) is 5.78 Å². The predicted molar refractivity (Wildman–Crippen MR) is 78.5 cm³/mol. The molecule has 2 aromatic carbocycles. The molecule has 0 aromatic heterocycles. The molecule has 0 N–H and O–H groups in total.